The van der Waals surface area contributed by atoms with Gasteiger partial charge < -0.3 is 10.1 Å². The summed E-state index contributed by atoms with van der Waals surface area (Å²) >= 11 is 0. The molecular weight excluding hydrogens is 174 g/mol. The van der Waals surface area contributed by atoms with Crippen LogP contribution in [-0.4, -0.2) is 26.3 Å². The average Bonchev–Trinajstić information content (AvgIpc) is 2.15. The average molecular weight is 197 g/mol. The lowest BCUT2D eigenvalue weighted by molar-refractivity contribution is -0.192. The number of hydrogen-bond acceptors (Lipinski definition) is 2. The standard InChI is InChI=1S/C12H23NO/c1-7-8-6-9(12(8,2)3)11(14-5)10(7)13-4/h7-11,13H,6H2,1-5H3. The van der Waals surface area contributed by atoms with Crippen LogP contribution in [0.5, 0.6) is 0 Å². The van der Waals surface area contributed by atoms with Gasteiger partial charge in [-0.15, -0.1) is 0 Å². The van der Waals surface area contributed by atoms with Crippen LogP contribution in [0.4, 0.5) is 0 Å². The second kappa shape index (κ2) is 3.21. The van der Waals surface area contributed by atoms with E-state index in [0.29, 0.717) is 17.6 Å². The molecule has 3 rings (SSSR count). The van der Waals surface area contributed by atoms with E-state index < -0.39 is 0 Å². The molecule has 3 aliphatic carbocycles. The third-order valence-electron chi connectivity index (χ3n) is 4.98. The van der Waals surface area contributed by atoms with E-state index in [9.17, 15) is 0 Å². The molecule has 0 heterocycles. The minimum atomic E-state index is 0.412. The van der Waals surface area contributed by atoms with Gasteiger partial charge in [0, 0.05) is 13.2 Å². The Morgan fingerprint density at radius 3 is 2.36 bits per heavy atom. The number of ether oxygens (including phenoxy) is 1. The Morgan fingerprint density at radius 2 is 1.93 bits per heavy atom. The van der Waals surface area contributed by atoms with Crippen LogP contribution in [0.15, 0.2) is 0 Å². The molecule has 2 heteroatoms. The lowest BCUT2D eigenvalue weighted by atomic mass is 9.43. The lowest BCUT2D eigenvalue weighted by Crippen LogP contribution is -2.67. The molecule has 0 aromatic carbocycles. The van der Waals surface area contributed by atoms with E-state index in [1.165, 1.54) is 6.42 Å². The highest BCUT2D eigenvalue weighted by molar-refractivity contribution is 5.11. The molecule has 0 saturated heterocycles. The Labute approximate surface area is 87.4 Å². The zero-order valence-electron chi connectivity index (χ0n) is 10.0. The predicted octanol–water partition coefficient (Wildman–Crippen LogP) is 1.90. The van der Waals surface area contributed by atoms with Gasteiger partial charge in [-0.25, -0.2) is 0 Å². The molecule has 3 aliphatic rings. The maximum Gasteiger partial charge on any atom is 0.0760 e. The quantitative estimate of drug-likeness (QED) is 0.730. The zero-order chi connectivity index (χ0) is 10.5. The van der Waals surface area contributed by atoms with Gasteiger partial charge in [-0.1, -0.05) is 20.8 Å². The maximum absolute atomic E-state index is 5.69. The lowest BCUT2D eigenvalue weighted by Gasteiger charge is -2.64. The van der Waals surface area contributed by atoms with Gasteiger partial charge in [-0.3, -0.25) is 0 Å². The molecule has 5 unspecified atom stereocenters. The summed E-state index contributed by atoms with van der Waals surface area (Å²) in [6.45, 7) is 7.18. The Balaban J connectivity index is 2.22. The summed E-state index contributed by atoms with van der Waals surface area (Å²) < 4.78 is 5.69. The van der Waals surface area contributed by atoms with Crippen molar-refractivity contribution in [3.63, 3.8) is 0 Å². The van der Waals surface area contributed by atoms with Gasteiger partial charge >= 0.3 is 0 Å². The SMILES string of the molecule is CNC1C(C)C2CC(C1OC)C2(C)C. The van der Waals surface area contributed by atoms with Crippen LogP contribution in [0, 0.1) is 23.2 Å². The Bertz CT molecular complexity index is 224. The van der Waals surface area contributed by atoms with Crippen molar-refractivity contribution >= 4 is 0 Å². The van der Waals surface area contributed by atoms with Crippen LogP contribution in [0.2, 0.25) is 0 Å². The van der Waals surface area contributed by atoms with Crippen molar-refractivity contribution in [2.75, 3.05) is 14.2 Å². The van der Waals surface area contributed by atoms with E-state index in [4.69, 9.17) is 4.74 Å². The van der Waals surface area contributed by atoms with Gasteiger partial charge in [0.05, 0.1) is 6.10 Å². The molecule has 2 nitrogen and oxygen atoms in total. The van der Waals surface area contributed by atoms with E-state index >= 15 is 0 Å². The second-order valence-corrected chi connectivity index (χ2v) is 5.64. The minimum Gasteiger partial charge on any atom is -0.380 e. The van der Waals surface area contributed by atoms with Crippen molar-refractivity contribution in [3.8, 4) is 0 Å². The van der Waals surface area contributed by atoms with Gasteiger partial charge in [0.25, 0.3) is 0 Å². The first-order valence-corrected chi connectivity index (χ1v) is 5.74. The van der Waals surface area contributed by atoms with Gasteiger partial charge in [0.1, 0.15) is 0 Å². The molecule has 0 amide bonds. The molecule has 82 valence electrons. The molecule has 0 spiro atoms. The number of fused-ring (bicyclic) bond motifs is 2. The number of rotatable bonds is 2. The van der Waals surface area contributed by atoms with E-state index in [2.05, 4.69) is 33.1 Å². The molecule has 5 atom stereocenters. The normalized spacial score (nSPS) is 49.9. The maximum atomic E-state index is 5.69. The number of likely N-dealkylation sites (N-methyl/N-ethyl adjacent to an activating group) is 1. The van der Waals surface area contributed by atoms with Crippen molar-refractivity contribution in [1.82, 2.24) is 5.32 Å². The highest BCUT2D eigenvalue weighted by atomic mass is 16.5. The first kappa shape index (κ1) is 10.4. The van der Waals surface area contributed by atoms with E-state index in [-0.39, 0.29) is 0 Å². The minimum absolute atomic E-state index is 0.412. The van der Waals surface area contributed by atoms with E-state index in [0.717, 1.165) is 17.8 Å². The van der Waals surface area contributed by atoms with Crippen LogP contribution in [-0.2, 0) is 4.74 Å². The van der Waals surface area contributed by atoms with Crippen molar-refractivity contribution in [2.24, 2.45) is 23.2 Å². The number of nitrogens with one attached hydrogen (secondary N) is 1. The molecule has 2 bridgehead atoms. The Kier molecular flexibility index (Phi) is 2.39. The third kappa shape index (κ3) is 1.10. The summed E-state index contributed by atoms with van der Waals surface area (Å²) in [6, 6.07) is 0.553. The predicted molar refractivity (Wildman–Crippen MR) is 58.2 cm³/mol. The Morgan fingerprint density at radius 1 is 1.29 bits per heavy atom. The summed E-state index contributed by atoms with van der Waals surface area (Å²) in [7, 11) is 3.92. The molecule has 0 aromatic rings. The summed E-state index contributed by atoms with van der Waals surface area (Å²) in [5, 5.41) is 3.43. The second-order valence-electron chi connectivity index (χ2n) is 5.64. The largest absolute Gasteiger partial charge is 0.380 e. The zero-order valence-corrected chi connectivity index (χ0v) is 10.0. The molecule has 1 N–H and O–H groups in total. The van der Waals surface area contributed by atoms with E-state index in [1.54, 1.807) is 0 Å². The fourth-order valence-electron chi connectivity index (χ4n) is 3.98. The summed E-state index contributed by atoms with van der Waals surface area (Å²) in [4.78, 5) is 0. The van der Waals surface area contributed by atoms with Crippen molar-refractivity contribution in [3.05, 3.63) is 0 Å². The van der Waals surface area contributed by atoms with Crippen LogP contribution in [0.3, 0.4) is 0 Å². The summed E-state index contributed by atoms with van der Waals surface area (Å²) in [6.07, 6.45) is 1.78. The van der Waals surface area contributed by atoms with Crippen molar-refractivity contribution in [1.29, 1.82) is 0 Å². The first-order valence-electron chi connectivity index (χ1n) is 5.74. The van der Waals surface area contributed by atoms with E-state index in [1.807, 2.05) is 7.11 Å². The highest BCUT2D eigenvalue weighted by Crippen LogP contribution is 2.61. The molecule has 3 saturated carbocycles. The first-order chi connectivity index (χ1) is 6.54. The molecule has 0 aromatic heterocycles. The fourth-order valence-corrected chi connectivity index (χ4v) is 3.98. The van der Waals surface area contributed by atoms with Crippen molar-refractivity contribution in [2.45, 2.75) is 39.3 Å². The molecule has 14 heavy (non-hydrogen) atoms. The van der Waals surface area contributed by atoms with Gasteiger partial charge in [-0.2, -0.15) is 0 Å². The number of methoxy groups -OCH3 is 1. The van der Waals surface area contributed by atoms with Crippen LogP contribution in [0.1, 0.15) is 27.2 Å². The highest BCUT2D eigenvalue weighted by Gasteiger charge is 2.60. The molecule has 3 fully saturated rings. The molecular formula is C12H23NO. The van der Waals surface area contributed by atoms with Crippen LogP contribution in [0.25, 0.3) is 0 Å². The molecule has 0 aliphatic heterocycles. The van der Waals surface area contributed by atoms with Crippen LogP contribution >= 0.6 is 0 Å². The van der Waals surface area contributed by atoms with Crippen molar-refractivity contribution < 1.29 is 4.74 Å². The smallest absolute Gasteiger partial charge is 0.0760 e. The summed E-state index contributed by atoms with van der Waals surface area (Å²) in [5.74, 6) is 2.38. The third-order valence-corrected chi connectivity index (χ3v) is 4.98. The topological polar surface area (TPSA) is 21.3 Å². The molecule has 0 radical (unpaired) electrons. The van der Waals surface area contributed by atoms with Gasteiger partial charge in [-0.05, 0) is 36.6 Å². The van der Waals surface area contributed by atoms with Crippen LogP contribution < -0.4 is 5.32 Å². The summed E-state index contributed by atoms with van der Waals surface area (Å²) in [5.41, 5.74) is 0.493. The van der Waals surface area contributed by atoms with Gasteiger partial charge in [0.15, 0.2) is 0 Å². The fraction of sp³-hybridized carbons (Fsp3) is 1.00. The monoisotopic (exact) mass is 197 g/mol. The number of hydrogen-bond donors (Lipinski definition) is 1. The Hall–Kier alpha value is -0.0800. The van der Waals surface area contributed by atoms with Gasteiger partial charge in [0.2, 0.25) is 0 Å².